The summed E-state index contributed by atoms with van der Waals surface area (Å²) in [5, 5.41) is 6.29. The van der Waals surface area contributed by atoms with Crippen LogP contribution in [0.15, 0.2) is 0 Å². The molecule has 3 atom stereocenters. The Hall–Kier alpha value is -0.620. The molecule has 0 aliphatic carbocycles. The maximum atomic E-state index is 12.1. The van der Waals surface area contributed by atoms with Gasteiger partial charge in [0.15, 0.2) is 9.84 Å². The van der Waals surface area contributed by atoms with Gasteiger partial charge in [0.05, 0.1) is 17.0 Å². The molecular formula is C13H24N2O3S. The minimum Gasteiger partial charge on any atom is -0.350 e. The summed E-state index contributed by atoms with van der Waals surface area (Å²) in [6, 6.07) is 0.218. The summed E-state index contributed by atoms with van der Waals surface area (Å²) in [6.07, 6.45) is 3.28. The van der Waals surface area contributed by atoms with Crippen molar-refractivity contribution >= 4 is 15.7 Å². The number of amides is 1. The van der Waals surface area contributed by atoms with Crippen LogP contribution >= 0.6 is 0 Å². The third-order valence-electron chi connectivity index (χ3n) is 4.28. The second kappa shape index (κ2) is 5.40. The number of carbonyl (C=O) groups excluding carboxylic acids is 1. The first kappa shape index (κ1) is 14.8. The molecule has 2 heterocycles. The van der Waals surface area contributed by atoms with Crippen molar-refractivity contribution in [3.05, 3.63) is 0 Å². The summed E-state index contributed by atoms with van der Waals surface area (Å²) in [5.41, 5.74) is -0.576. The third-order valence-corrected chi connectivity index (χ3v) is 6.18. The summed E-state index contributed by atoms with van der Waals surface area (Å²) < 4.78 is 23.0. The summed E-state index contributed by atoms with van der Waals surface area (Å²) in [6.45, 7) is 4.95. The van der Waals surface area contributed by atoms with Crippen LogP contribution in [0.3, 0.4) is 0 Å². The normalized spacial score (nSPS) is 38.0. The fourth-order valence-corrected chi connectivity index (χ4v) is 5.18. The first-order valence-electron chi connectivity index (χ1n) is 7.04. The number of hydrogen-bond donors (Lipinski definition) is 2. The van der Waals surface area contributed by atoms with Crippen molar-refractivity contribution in [2.24, 2.45) is 5.92 Å². The molecule has 0 saturated carbocycles. The van der Waals surface area contributed by atoms with Gasteiger partial charge in [0, 0.05) is 12.5 Å². The van der Waals surface area contributed by atoms with Crippen LogP contribution in [0.4, 0.5) is 0 Å². The van der Waals surface area contributed by atoms with Crippen LogP contribution in [0.5, 0.6) is 0 Å². The number of hydrogen-bond acceptors (Lipinski definition) is 4. The molecule has 2 fully saturated rings. The summed E-state index contributed by atoms with van der Waals surface area (Å²) in [5.74, 6) is 0.715. The molecule has 0 aromatic carbocycles. The van der Waals surface area contributed by atoms with E-state index in [1.807, 2.05) is 6.92 Å². The van der Waals surface area contributed by atoms with Crippen molar-refractivity contribution in [3.63, 3.8) is 0 Å². The van der Waals surface area contributed by atoms with Gasteiger partial charge in [-0.15, -0.1) is 0 Å². The minimum atomic E-state index is -2.97. The lowest BCUT2D eigenvalue weighted by atomic mass is 9.90. The van der Waals surface area contributed by atoms with Crippen LogP contribution in [0.2, 0.25) is 0 Å². The number of piperidine rings is 1. The maximum absolute atomic E-state index is 12.1. The Bertz CT molecular complexity index is 449. The average Bonchev–Trinajstić information content (AvgIpc) is 2.56. The van der Waals surface area contributed by atoms with Crippen LogP contribution in [0.25, 0.3) is 0 Å². The van der Waals surface area contributed by atoms with Gasteiger partial charge in [0.25, 0.3) is 0 Å². The molecule has 3 unspecified atom stereocenters. The average molecular weight is 288 g/mol. The molecule has 2 aliphatic rings. The van der Waals surface area contributed by atoms with E-state index in [0.29, 0.717) is 18.8 Å². The first-order chi connectivity index (χ1) is 8.80. The lowest BCUT2D eigenvalue weighted by Crippen LogP contribution is -2.50. The monoisotopic (exact) mass is 288 g/mol. The van der Waals surface area contributed by atoms with Crippen molar-refractivity contribution in [2.75, 3.05) is 18.1 Å². The SMILES string of the molecule is CC1CCCNC1CC(=O)NC1(C)CCS(=O)(=O)C1. The maximum Gasteiger partial charge on any atom is 0.222 e. The lowest BCUT2D eigenvalue weighted by molar-refractivity contribution is -0.123. The fourth-order valence-electron chi connectivity index (χ4n) is 3.08. The van der Waals surface area contributed by atoms with Crippen LogP contribution in [0.1, 0.15) is 39.5 Å². The van der Waals surface area contributed by atoms with Crippen LogP contribution in [0, 0.1) is 5.92 Å². The Balaban J connectivity index is 1.87. The van der Waals surface area contributed by atoms with Gasteiger partial charge in [-0.2, -0.15) is 0 Å². The molecule has 1 amide bonds. The molecule has 0 aromatic heterocycles. The molecule has 2 rings (SSSR count). The van der Waals surface area contributed by atoms with E-state index in [4.69, 9.17) is 0 Å². The zero-order valence-corrected chi connectivity index (χ0v) is 12.6. The molecule has 0 bridgehead atoms. The molecule has 2 aliphatic heterocycles. The van der Waals surface area contributed by atoms with Crippen molar-refractivity contribution in [2.45, 2.75) is 51.1 Å². The Labute approximate surface area is 115 Å². The van der Waals surface area contributed by atoms with Crippen molar-refractivity contribution in [1.29, 1.82) is 0 Å². The van der Waals surface area contributed by atoms with Crippen molar-refractivity contribution < 1.29 is 13.2 Å². The van der Waals surface area contributed by atoms with Gasteiger partial charge in [0.2, 0.25) is 5.91 Å². The molecule has 6 heteroatoms. The van der Waals surface area contributed by atoms with Gasteiger partial charge in [-0.25, -0.2) is 8.42 Å². The molecular weight excluding hydrogens is 264 g/mol. The van der Waals surface area contributed by atoms with Crippen LogP contribution < -0.4 is 10.6 Å². The number of sulfone groups is 1. The van der Waals surface area contributed by atoms with E-state index in [9.17, 15) is 13.2 Å². The summed E-state index contributed by atoms with van der Waals surface area (Å²) >= 11 is 0. The van der Waals surface area contributed by atoms with Gasteiger partial charge in [-0.05, 0) is 38.6 Å². The number of nitrogens with one attached hydrogen (secondary N) is 2. The molecule has 5 nitrogen and oxygen atoms in total. The molecule has 0 aromatic rings. The van der Waals surface area contributed by atoms with Gasteiger partial charge < -0.3 is 10.6 Å². The smallest absolute Gasteiger partial charge is 0.222 e. The Kier molecular flexibility index (Phi) is 4.20. The van der Waals surface area contributed by atoms with Gasteiger partial charge in [-0.1, -0.05) is 6.92 Å². The Morgan fingerprint density at radius 1 is 1.47 bits per heavy atom. The van der Waals surface area contributed by atoms with Crippen molar-refractivity contribution in [3.8, 4) is 0 Å². The second-order valence-corrected chi connectivity index (χ2v) is 8.52. The Morgan fingerprint density at radius 3 is 2.79 bits per heavy atom. The summed E-state index contributed by atoms with van der Waals surface area (Å²) in [4.78, 5) is 12.1. The molecule has 19 heavy (non-hydrogen) atoms. The van der Waals surface area contributed by atoms with E-state index >= 15 is 0 Å². The second-order valence-electron chi connectivity index (χ2n) is 6.34. The predicted molar refractivity (Wildman–Crippen MR) is 74.6 cm³/mol. The lowest BCUT2D eigenvalue weighted by Gasteiger charge is -2.31. The molecule has 2 saturated heterocycles. The molecule has 110 valence electrons. The zero-order valence-electron chi connectivity index (χ0n) is 11.7. The Morgan fingerprint density at radius 2 is 2.21 bits per heavy atom. The van der Waals surface area contributed by atoms with Crippen LogP contribution in [-0.4, -0.2) is 44.0 Å². The highest BCUT2D eigenvalue weighted by Crippen LogP contribution is 2.24. The summed E-state index contributed by atoms with van der Waals surface area (Å²) in [7, 11) is -2.97. The zero-order chi connectivity index (χ0) is 14.1. The van der Waals surface area contributed by atoms with E-state index in [1.54, 1.807) is 0 Å². The first-order valence-corrected chi connectivity index (χ1v) is 8.87. The fraction of sp³-hybridized carbons (Fsp3) is 0.923. The quantitative estimate of drug-likeness (QED) is 0.791. The van der Waals surface area contributed by atoms with Gasteiger partial charge in [-0.3, -0.25) is 4.79 Å². The van der Waals surface area contributed by atoms with Crippen molar-refractivity contribution in [1.82, 2.24) is 10.6 Å². The largest absolute Gasteiger partial charge is 0.350 e. The van der Waals surface area contributed by atoms with Crippen LogP contribution in [-0.2, 0) is 14.6 Å². The van der Waals surface area contributed by atoms with E-state index in [1.165, 1.54) is 0 Å². The number of carbonyl (C=O) groups is 1. The highest BCUT2D eigenvalue weighted by Gasteiger charge is 2.39. The van der Waals surface area contributed by atoms with E-state index in [2.05, 4.69) is 17.6 Å². The third kappa shape index (κ3) is 3.92. The van der Waals surface area contributed by atoms with E-state index < -0.39 is 15.4 Å². The number of rotatable bonds is 3. The highest BCUT2D eigenvalue weighted by molar-refractivity contribution is 7.91. The molecule has 2 N–H and O–H groups in total. The highest BCUT2D eigenvalue weighted by atomic mass is 32.2. The standard InChI is InChI=1S/C13H24N2O3S/c1-10-4-3-6-14-11(10)8-12(16)15-13(2)5-7-19(17,18)9-13/h10-11,14H,3-9H2,1-2H3,(H,15,16). The van der Waals surface area contributed by atoms with Gasteiger partial charge in [0.1, 0.15) is 0 Å². The topological polar surface area (TPSA) is 75.3 Å². The van der Waals surface area contributed by atoms with E-state index in [-0.39, 0.29) is 23.5 Å². The predicted octanol–water partition coefficient (Wildman–Crippen LogP) is 0.458. The molecule has 0 radical (unpaired) electrons. The molecule has 0 spiro atoms. The van der Waals surface area contributed by atoms with Gasteiger partial charge >= 0.3 is 0 Å². The van der Waals surface area contributed by atoms with E-state index in [0.717, 1.165) is 19.4 Å². The minimum absolute atomic E-state index is 0.0362.